The Morgan fingerprint density at radius 3 is 1.93 bits per heavy atom. The SMILES string of the molecule is C=CC(=O)O.C=CN(C=C)C(=O)OCC. The minimum atomic E-state index is -0.981. The number of carboxylic acids is 1. The van der Waals surface area contributed by atoms with Crippen LogP contribution in [0, 0.1) is 0 Å². The van der Waals surface area contributed by atoms with E-state index >= 15 is 0 Å². The van der Waals surface area contributed by atoms with Gasteiger partial charge < -0.3 is 9.84 Å². The van der Waals surface area contributed by atoms with Crippen molar-refractivity contribution in [3.63, 3.8) is 0 Å². The molecule has 5 heteroatoms. The highest BCUT2D eigenvalue weighted by Gasteiger charge is 2.04. The maximum Gasteiger partial charge on any atom is 0.417 e. The summed E-state index contributed by atoms with van der Waals surface area (Å²) in [4.78, 5) is 21.2. The minimum Gasteiger partial charge on any atom is -0.478 e. The first-order valence-electron chi connectivity index (χ1n) is 4.09. The highest BCUT2D eigenvalue weighted by Crippen LogP contribution is 1.93. The first kappa shape index (κ1) is 15.4. The number of carbonyl (C=O) groups excluding carboxylic acids is 1. The van der Waals surface area contributed by atoms with Crippen LogP contribution in [0.3, 0.4) is 0 Å². The third-order valence-electron chi connectivity index (χ3n) is 1.05. The van der Waals surface area contributed by atoms with E-state index in [2.05, 4.69) is 24.5 Å². The van der Waals surface area contributed by atoms with Gasteiger partial charge >= 0.3 is 12.1 Å². The average Bonchev–Trinajstić information content (AvgIpc) is 2.21. The summed E-state index contributed by atoms with van der Waals surface area (Å²) in [6, 6.07) is 0. The van der Waals surface area contributed by atoms with Gasteiger partial charge in [0.05, 0.1) is 6.61 Å². The summed E-state index contributed by atoms with van der Waals surface area (Å²) in [6.45, 7) is 11.8. The van der Waals surface area contributed by atoms with Gasteiger partial charge in [0, 0.05) is 18.5 Å². The Kier molecular flexibility index (Phi) is 10.3. The fourth-order valence-corrected chi connectivity index (χ4v) is 0.422. The van der Waals surface area contributed by atoms with E-state index in [9.17, 15) is 9.59 Å². The van der Waals surface area contributed by atoms with Gasteiger partial charge in [-0.3, -0.25) is 4.90 Å². The lowest BCUT2D eigenvalue weighted by Crippen LogP contribution is -2.20. The van der Waals surface area contributed by atoms with Crippen LogP contribution >= 0.6 is 0 Å². The van der Waals surface area contributed by atoms with E-state index in [1.807, 2.05) is 0 Å². The Morgan fingerprint density at radius 1 is 1.33 bits per heavy atom. The van der Waals surface area contributed by atoms with Crippen molar-refractivity contribution in [1.82, 2.24) is 4.90 Å². The largest absolute Gasteiger partial charge is 0.478 e. The van der Waals surface area contributed by atoms with Crippen LogP contribution in [0.25, 0.3) is 0 Å². The molecule has 0 bridgehead atoms. The van der Waals surface area contributed by atoms with Crippen molar-refractivity contribution in [1.29, 1.82) is 0 Å². The minimum absolute atomic E-state index is 0.358. The van der Waals surface area contributed by atoms with Crippen molar-refractivity contribution < 1.29 is 19.4 Å². The van der Waals surface area contributed by atoms with Gasteiger partial charge in [0.1, 0.15) is 0 Å². The number of nitrogens with zero attached hydrogens (tertiary/aromatic N) is 1. The van der Waals surface area contributed by atoms with Crippen LogP contribution in [0.5, 0.6) is 0 Å². The van der Waals surface area contributed by atoms with Crippen molar-refractivity contribution in [2.45, 2.75) is 6.92 Å². The van der Waals surface area contributed by atoms with E-state index in [1.165, 1.54) is 17.3 Å². The summed E-state index contributed by atoms with van der Waals surface area (Å²) in [5.74, 6) is -0.981. The van der Waals surface area contributed by atoms with Gasteiger partial charge in [0.15, 0.2) is 0 Å². The smallest absolute Gasteiger partial charge is 0.417 e. The highest BCUT2D eigenvalue weighted by atomic mass is 16.5. The molecule has 0 spiro atoms. The zero-order valence-electron chi connectivity index (χ0n) is 8.68. The molecule has 0 saturated carbocycles. The zero-order valence-corrected chi connectivity index (χ0v) is 8.68. The number of amides is 1. The number of hydrogen-bond donors (Lipinski definition) is 1. The van der Waals surface area contributed by atoms with Gasteiger partial charge in [0.25, 0.3) is 0 Å². The lowest BCUT2D eigenvalue weighted by Gasteiger charge is -2.10. The maximum absolute atomic E-state index is 10.8. The maximum atomic E-state index is 10.8. The van der Waals surface area contributed by atoms with Gasteiger partial charge in [-0.2, -0.15) is 0 Å². The van der Waals surface area contributed by atoms with Crippen LogP contribution in [0.15, 0.2) is 38.2 Å². The molecule has 0 rings (SSSR count). The second-order valence-corrected chi connectivity index (χ2v) is 2.01. The van der Waals surface area contributed by atoms with Gasteiger partial charge in [0.2, 0.25) is 0 Å². The summed E-state index contributed by atoms with van der Waals surface area (Å²) >= 11 is 0. The van der Waals surface area contributed by atoms with Gasteiger partial charge in [-0.1, -0.05) is 19.7 Å². The molecule has 0 aromatic carbocycles. The van der Waals surface area contributed by atoms with E-state index in [4.69, 9.17) is 5.11 Å². The van der Waals surface area contributed by atoms with Crippen LogP contribution < -0.4 is 0 Å². The van der Waals surface area contributed by atoms with Crippen molar-refractivity contribution in [3.05, 3.63) is 38.2 Å². The predicted molar refractivity (Wildman–Crippen MR) is 57.1 cm³/mol. The molecule has 0 saturated heterocycles. The zero-order chi connectivity index (χ0) is 12.3. The predicted octanol–water partition coefficient (Wildman–Crippen LogP) is 1.99. The number of hydrogen-bond acceptors (Lipinski definition) is 3. The molecule has 84 valence electrons. The molecule has 0 radical (unpaired) electrons. The number of carboxylic acid groups (broad SMARTS) is 1. The lowest BCUT2D eigenvalue weighted by atomic mass is 10.7. The number of carbonyl (C=O) groups is 2. The topological polar surface area (TPSA) is 66.8 Å². The summed E-state index contributed by atoms with van der Waals surface area (Å²) in [6.07, 6.45) is 3.06. The summed E-state index contributed by atoms with van der Waals surface area (Å²) in [7, 11) is 0. The number of rotatable bonds is 4. The van der Waals surface area contributed by atoms with Crippen molar-refractivity contribution >= 4 is 12.1 Å². The average molecular weight is 213 g/mol. The third kappa shape index (κ3) is 9.88. The van der Waals surface area contributed by atoms with E-state index in [-0.39, 0.29) is 0 Å². The molecule has 1 N–H and O–H groups in total. The molecule has 5 nitrogen and oxygen atoms in total. The van der Waals surface area contributed by atoms with Crippen molar-refractivity contribution in [3.8, 4) is 0 Å². The van der Waals surface area contributed by atoms with E-state index in [0.29, 0.717) is 6.61 Å². The number of aliphatic carboxylic acids is 1. The Labute approximate surface area is 89.0 Å². The Bertz CT molecular complexity index is 240. The second kappa shape index (κ2) is 10.0. The first-order valence-corrected chi connectivity index (χ1v) is 4.09. The number of ether oxygens (including phenoxy) is 1. The van der Waals surface area contributed by atoms with Crippen LogP contribution in [-0.4, -0.2) is 28.7 Å². The van der Waals surface area contributed by atoms with Crippen LogP contribution in [0.2, 0.25) is 0 Å². The molecular weight excluding hydrogens is 198 g/mol. The molecule has 0 aromatic rings. The summed E-state index contributed by atoms with van der Waals surface area (Å²) in [5, 5.41) is 7.60. The molecule has 0 unspecified atom stereocenters. The molecule has 0 atom stereocenters. The molecule has 15 heavy (non-hydrogen) atoms. The molecule has 0 fully saturated rings. The van der Waals surface area contributed by atoms with Gasteiger partial charge in [-0.05, 0) is 6.92 Å². The molecule has 0 heterocycles. The Morgan fingerprint density at radius 2 is 1.73 bits per heavy atom. The summed E-state index contributed by atoms with van der Waals surface area (Å²) < 4.78 is 4.63. The molecular formula is C10H15NO4. The van der Waals surface area contributed by atoms with Gasteiger partial charge in [-0.25, -0.2) is 9.59 Å². The first-order chi connectivity index (χ1) is 7.03. The third-order valence-corrected chi connectivity index (χ3v) is 1.05. The molecule has 0 aliphatic carbocycles. The Hall–Kier alpha value is -2.04. The fraction of sp³-hybridized carbons (Fsp3) is 0.200. The monoisotopic (exact) mass is 213 g/mol. The van der Waals surface area contributed by atoms with Crippen molar-refractivity contribution in [2.75, 3.05) is 6.61 Å². The molecule has 0 aromatic heterocycles. The Balaban J connectivity index is 0. The van der Waals surface area contributed by atoms with E-state index in [1.54, 1.807) is 6.92 Å². The summed E-state index contributed by atoms with van der Waals surface area (Å²) in [5.41, 5.74) is 0. The van der Waals surface area contributed by atoms with E-state index < -0.39 is 12.1 Å². The fourth-order valence-electron chi connectivity index (χ4n) is 0.422. The van der Waals surface area contributed by atoms with E-state index in [0.717, 1.165) is 6.08 Å². The lowest BCUT2D eigenvalue weighted by molar-refractivity contribution is -0.131. The molecule has 0 aliphatic rings. The van der Waals surface area contributed by atoms with Gasteiger partial charge in [-0.15, -0.1) is 0 Å². The quantitative estimate of drug-likeness (QED) is 0.725. The van der Waals surface area contributed by atoms with Crippen LogP contribution in [0.4, 0.5) is 4.79 Å². The normalized spacial score (nSPS) is 7.53. The highest BCUT2D eigenvalue weighted by molar-refractivity contribution is 5.78. The molecule has 0 aliphatic heterocycles. The standard InChI is InChI=1S/C7H11NO2.C3H4O2/c1-4-8(5-2)7(9)10-6-3;1-2-3(4)5/h4-5H,1-2,6H2,3H3;2H,1H2,(H,4,5). The van der Waals surface area contributed by atoms with Crippen LogP contribution in [-0.2, 0) is 9.53 Å². The second-order valence-electron chi connectivity index (χ2n) is 2.01. The molecule has 1 amide bonds. The van der Waals surface area contributed by atoms with Crippen molar-refractivity contribution in [2.24, 2.45) is 0 Å². The van der Waals surface area contributed by atoms with Crippen LogP contribution in [0.1, 0.15) is 6.92 Å².